The van der Waals surface area contributed by atoms with E-state index in [1.54, 1.807) is 0 Å². The highest BCUT2D eigenvalue weighted by Gasteiger charge is 2.27. The van der Waals surface area contributed by atoms with Crippen molar-refractivity contribution in [2.45, 2.75) is 18.9 Å². The molecule has 1 amide bonds. The number of hydrogen-bond donors (Lipinski definition) is 2. The first kappa shape index (κ1) is 9.66. The molecule has 84 valence electrons. The van der Waals surface area contributed by atoms with Gasteiger partial charge in [0.1, 0.15) is 12.4 Å². The number of hydrogen-bond acceptors (Lipinski definition) is 3. The molecule has 3 rings (SSSR count). The molecule has 1 aromatic carbocycles. The van der Waals surface area contributed by atoms with Crippen LogP contribution >= 0.6 is 0 Å². The Hall–Kier alpha value is -1.55. The molecule has 4 heteroatoms. The molecule has 0 aliphatic carbocycles. The SMILES string of the molecule is NC1COc2ccc3c(c2C1)C(=O)NCC3. The monoisotopic (exact) mass is 218 g/mol. The third kappa shape index (κ3) is 1.38. The van der Waals surface area contributed by atoms with Crippen LogP contribution in [0.5, 0.6) is 5.75 Å². The fourth-order valence-corrected chi connectivity index (χ4v) is 2.42. The van der Waals surface area contributed by atoms with Gasteiger partial charge < -0.3 is 15.8 Å². The standard InChI is InChI=1S/C12H14N2O2/c13-8-5-9-10(16-6-8)2-1-7-3-4-14-12(15)11(7)9/h1-2,8H,3-6,13H2,(H,14,15). The van der Waals surface area contributed by atoms with E-state index < -0.39 is 0 Å². The Labute approximate surface area is 93.8 Å². The van der Waals surface area contributed by atoms with Crippen LogP contribution in [0.15, 0.2) is 12.1 Å². The van der Waals surface area contributed by atoms with E-state index in [4.69, 9.17) is 10.5 Å². The normalized spacial score (nSPS) is 22.8. The van der Waals surface area contributed by atoms with Crippen molar-refractivity contribution in [1.29, 1.82) is 0 Å². The van der Waals surface area contributed by atoms with Crippen LogP contribution in [0.3, 0.4) is 0 Å². The average Bonchev–Trinajstić information content (AvgIpc) is 2.28. The maximum absolute atomic E-state index is 11.9. The first-order chi connectivity index (χ1) is 7.75. The Morgan fingerprint density at radius 3 is 3.19 bits per heavy atom. The molecular weight excluding hydrogens is 204 g/mol. The van der Waals surface area contributed by atoms with Crippen molar-refractivity contribution in [1.82, 2.24) is 5.32 Å². The predicted octanol–water partition coefficient (Wildman–Crippen LogP) is 0.235. The maximum Gasteiger partial charge on any atom is 0.251 e. The zero-order chi connectivity index (χ0) is 11.1. The number of fused-ring (bicyclic) bond motifs is 3. The van der Waals surface area contributed by atoms with Crippen molar-refractivity contribution in [2.24, 2.45) is 5.73 Å². The van der Waals surface area contributed by atoms with Gasteiger partial charge in [0.05, 0.1) is 0 Å². The van der Waals surface area contributed by atoms with Gasteiger partial charge >= 0.3 is 0 Å². The summed E-state index contributed by atoms with van der Waals surface area (Å²) in [6, 6.07) is 3.94. The molecule has 0 bridgehead atoms. The molecule has 0 aromatic heterocycles. The zero-order valence-corrected chi connectivity index (χ0v) is 8.95. The molecule has 3 N–H and O–H groups in total. The number of nitrogens with one attached hydrogen (secondary N) is 1. The van der Waals surface area contributed by atoms with Crippen molar-refractivity contribution in [3.8, 4) is 5.75 Å². The molecule has 2 heterocycles. The van der Waals surface area contributed by atoms with Crippen LogP contribution < -0.4 is 15.8 Å². The van der Waals surface area contributed by atoms with Crippen molar-refractivity contribution in [3.05, 3.63) is 28.8 Å². The fraction of sp³-hybridized carbons (Fsp3) is 0.417. The Bertz CT molecular complexity index is 457. The minimum absolute atomic E-state index is 0.00581. The van der Waals surface area contributed by atoms with Crippen LogP contribution in [0.25, 0.3) is 0 Å². The van der Waals surface area contributed by atoms with E-state index in [2.05, 4.69) is 5.32 Å². The van der Waals surface area contributed by atoms with Crippen LogP contribution in [0.4, 0.5) is 0 Å². The second-order valence-corrected chi connectivity index (χ2v) is 4.36. The Morgan fingerprint density at radius 1 is 1.44 bits per heavy atom. The van der Waals surface area contributed by atoms with Gasteiger partial charge in [-0.05, 0) is 24.5 Å². The molecule has 1 aromatic rings. The smallest absolute Gasteiger partial charge is 0.251 e. The van der Waals surface area contributed by atoms with Crippen molar-refractivity contribution < 1.29 is 9.53 Å². The van der Waals surface area contributed by atoms with Crippen LogP contribution in [-0.2, 0) is 12.8 Å². The number of benzene rings is 1. The van der Waals surface area contributed by atoms with Crippen molar-refractivity contribution in [3.63, 3.8) is 0 Å². The summed E-state index contributed by atoms with van der Waals surface area (Å²) < 4.78 is 5.55. The molecular formula is C12H14N2O2. The Balaban J connectivity index is 2.16. The molecule has 1 unspecified atom stereocenters. The quantitative estimate of drug-likeness (QED) is 0.655. The van der Waals surface area contributed by atoms with Crippen molar-refractivity contribution >= 4 is 5.91 Å². The summed E-state index contributed by atoms with van der Waals surface area (Å²) in [4.78, 5) is 11.9. The summed E-state index contributed by atoms with van der Waals surface area (Å²) in [6.45, 7) is 1.25. The summed E-state index contributed by atoms with van der Waals surface area (Å²) >= 11 is 0. The summed E-state index contributed by atoms with van der Waals surface area (Å²) in [5, 5.41) is 2.87. The molecule has 4 nitrogen and oxygen atoms in total. The van der Waals surface area contributed by atoms with Gasteiger partial charge in [-0.3, -0.25) is 4.79 Å². The summed E-state index contributed by atoms with van der Waals surface area (Å²) in [5.74, 6) is 0.827. The molecule has 0 radical (unpaired) electrons. The van der Waals surface area contributed by atoms with Gasteiger partial charge in [0.15, 0.2) is 0 Å². The summed E-state index contributed by atoms with van der Waals surface area (Å²) in [6.07, 6.45) is 1.62. The lowest BCUT2D eigenvalue weighted by Crippen LogP contribution is -2.38. The maximum atomic E-state index is 11.9. The molecule has 1 atom stereocenters. The van der Waals surface area contributed by atoms with Gasteiger partial charge in [0, 0.05) is 23.7 Å². The van der Waals surface area contributed by atoms with E-state index in [0.717, 1.165) is 41.8 Å². The second-order valence-electron chi connectivity index (χ2n) is 4.36. The zero-order valence-electron chi connectivity index (χ0n) is 8.95. The van der Waals surface area contributed by atoms with Crippen LogP contribution in [0.1, 0.15) is 21.5 Å². The van der Waals surface area contributed by atoms with E-state index >= 15 is 0 Å². The second kappa shape index (κ2) is 3.49. The number of ether oxygens (including phenoxy) is 1. The lowest BCUT2D eigenvalue weighted by Gasteiger charge is -2.27. The van der Waals surface area contributed by atoms with E-state index in [9.17, 15) is 4.79 Å². The molecule has 0 fully saturated rings. The minimum Gasteiger partial charge on any atom is -0.492 e. The lowest BCUT2D eigenvalue weighted by molar-refractivity contribution is 0.0943. The van der Waals surface area contributed by atoms with Gasteiger partial charge in [-0.25, -0.2) is 0 Å². The van der Waals surface area contributed by atoms with Gasteiger partial charge in [-0.2, -0.15) is 0 Å². The van der Waals surface area contributed by atoms with Gasteiger partial charge in [0.2, 0.25) is 0 Å². The molecule has 2 aliphatic rings. The average molecular weight is 218 g/mol. The van der Waals surface area contributed by atoms with Crippen molar-refractivity contribution in [2.75, 3.05) is 13.2 Å². The topological polar surface area (TPSA) is 64.3 Å². The summed E-state index contributed by atoms with van der Waals surface area (Å²) in [5.41, 5.74) is 8.75. The number of amides is 1. The summed E-state index contributed by atoms with van der Waals surface area (Å²) in [7, 11) is 0. The first-order valence-corrected chi connectivity index (χ1v) is 5.57. The number of nitrogens with two attached hydrogens (primary N) is 1. The Morgan fingerprint density at radius 2 is 2.31 bits per heavy atom. The molecule has 2 aliphatic heterocycles. The first-order valence-electron chi connectivity index (χ1n) is 5.57. The predicted molar refractivity (Wildman–Crippen MR) is 59.7 cm³/mol. The van der Waals surface area contributed by atoms with Gasteiger partial charge in [-0.1, -0.05) is 6.07 Å². The minimum atomic E-state index is -0.00581. The van der Waals surface area contributed by atoms with E-state index in [1.165, 1.54) is 0 Å². The third-order valence-electron chi connectivity index (χ3n) is 3.18. The molecule has 16 heavy (non-hydrogen) atoms. The van der Waals surface area contributed by atoms with E-state index in [-0.39, 0.29) is 11.9 Å². The van der Waals surface area contributed by atoms with Gasteiger partial charge in [-0.15, -0.1) is 0 Å². The molecule has 0 saturated heterocycles. The highest BCUT2D eigenvalue weighted by molar-refractivity contribution is 5.99. The highest BCUT2D eigenvalue weighted by Crippen LogP contribution is 2.31. The van der Waals surface area contributed by atoms with E-state index in [1.807, 2.05) is 12.1 Å². The van der Waals surface area contributed by atoms with E-state index in [0.29, 0.717) is 6.61 Å². The Kier molecular flexibility index (Phi) is 2.11. The number of rotatable bonds is 0. The number of carbonyl (C=O) groups excluding carboxylic acids is 1. The molecule has 0 spiro atoms. The van der Waals surface area contributed by atoms with Crippen LogP contribution in [0.2, 0.25) is 0 Å². The van der Waals surface area contributed by atoms with Crippen LogP contribution in [0, 0.1) is 0 Å². The third-order valence-corrected chi connectivity index (χ3v) is 3.18. The molecule has 0 saturated carbocycles. The number of carbonyl (C=O) groups is 1. The lowest BCUT2D eigenvalue weighted by atomic mass is 9.90. The van der Waals surface area contributed by atoms with Crippen LogP contribution in [-0.4, -0.2) is 25.1 Å². The fourth-order valence-electron chi connectivity index (χ4n) is 2.42. The highest BCUT2D eigenvalue weighted by atomic mass is 16.5. The largest absolute Gasteiger partial charge is 0.492 e. The van der Waals surface area contributed by atoms with Gasteiger partial charge in [0.25, 0.3) is 5.91 Å².